The molecule has 1 heterocycles. The summed E-state index contributed by atoms with van der Waals surface area (Å²) in [5.41, 5.74) is -1.62. The molecule has 2 N–H and O–H groups in total. The van der Waals surface area contributed by atoms with Crippen molar-refractivity contribution in [3.63, 3.8) is 0 Å². The highest BCUT2D eigenvalue weighted by molar-refractivity contribution is 5.86. The van der Waals surface area contributed by atoms with Gasteiger partial charge in [0, 0.05) is 13.7 Å². The van der Waals surface area contributed by atoms with Crippen molar-refractivity contribution in [3.8, 4) is 0 Å². The number of likely N-dealkylation sites (tertiary alicyclic amines) is 1. The van der Waals surface area contributed by atoms with Gasteiger partial charge in [0.1, 0.15) is 5.54 Å². The van der Waals surface area contributed by atoms with Crippen LogP contribution in [0.15, 0.2) is 0 Å². The number of aliphatic carboxylic acids is 1. The van der Waals surface area contributed by atoms with Gasteiger partial charge in [0.2, 0.25) is 0 Å². The molecular weight excluding hydrogens is 236 g/mol. The molecule has 6 nitrogen and oxygen atoms in total. The van der Waals surface area contributed by atoms with Crippen molar-refractivity contribution in [1.82, 2.24) is 10.2 Å². The highest BCUT2D eigenvalue weighted by Gasteiger charge is 2.46. The van der Waals surface area contributed by atoms with E-state index in [0.717, 1.165) is 0 Å². The van der Waals surface area contributed by atoms with Crippen molar-refractivity contribution in [1.29, 1.82) is 0 Å². The first-order chi connectivity index (χ1) is 8.23. The molecule has 0 aromatic heterocycles. The van der Waals surface area contributed by atoms with Crippen LogP contribution in [0.1, 0.15) is 33.6 Å². The van der Waals surface area contributed by atoms with E-state index in [1.807, 2.05) is 13.8 Å². The predicted molar refractivity (Wildman–Crippen MR) is 66.5 cm³/mol. The first-order valence-electron chi connectivity index (χ1n) is 6.05. The molecular formula is C12H22N2O4. The highest BCUT2D eigenvalue weighted by Crippen LogP contribution is 2.29. The monoisotopic (exact) mass is 258 g/mol. The second-order valence-corrected chi connectivity index (χ2v) is 5.58. The Morgan fingerprint density at radius 3 is 2.61 bits per heavy atom. The van der Waals surface area contributed by atoms with Gasteiger partial charge in [-0.1, -0.05) is 0 Å². The van der Waals surface area contributed by atoms with Crippen molar-refractivity contribution in [2.45, 2.75) is 44.7 Å². The Bertz CT molecular complexity index is 343. The maximum atomic E-state index is 12.2. The zero-order valence-electron chi connectivity index (χ0n) is 11.4. The van der Waals surface area contributed by atoms with Crippen molar-refractivity contribution >= 4 is 12.0 Å². The predicted octanol–water partition coefficient (Wildman–Crippen LogP) is 1.06. The number of hydrogen-bond acceptors (Lipinski definition) is 3. The van der Waals surface area contributed by atoms with Crippen molar-refractivity contribution in [3.05, 3.63) is 0 Å². The molecule has 2 amide bonds. The second kappa shape index (κ2) is 5.14. The van der Waals surface area contributed by atoms with E-state index >= 15 is 0 Å². The van der Waals surface area contributed by atoms with Gasteiger partial charge in [-0.05, 0) is 33.6 Å². The summed E-state index contributed by atoms with van der Waals surface area (Å²) in [6, 6.07) is -0.348. The molecule has 6 heteroatoms. The maximum Gasteiger partial charge on any atom is 0.329 e. The summed E-state index contributed by atoms with van der Waals surface area (Å²) in [4.78, 5) is 24.8. The van der Waals surface area contributed by atoms with Gasteiger partial charge in [0.15, 0.2) is 0 Å². The van der Waals surface area contributed by atoms with E-state index in [9.17, 15) is 14.7 Å². The Kier molecular flexibility index (Phi) is 4.21. The highest BCUT2D eigenvalue weighted by atomic mass is 16.5. The van der Waals surface area contributed by atoms with E-state index in [1.54, 1.807) is 14.0 Å². The molecule has 0 radical (unpaired) electrons. The lowest BCUT2D eigenvalue weighted by Gasteiger charge is -2.35. The standard InChI is InChI=1S/C12H22N2O4/c1-11(2,8-18-4)13-10(17)14-7-5-6-12(14,3)9(15)16/h5-8H2,1-4H3,(H,13,17)(H,15,16). The first-order valence-corrected chi connectivity index (χ1v) is 6.05. The van der Waals surface area contributed by atoms with Gasteiger partial charge in [-0.15, -0.1) is 0 Å². The lowest BCUT2D eigenvalue weighted by atomic mass is 9.99. The number of methoxy groups -OCH3 is 1. The summed E-state index contributed by atoms with van der Waals surface area (Å²) in [7, 11) is 1.56. The number of ether oxygens (including phenoxy) is 1. The smallest absolute Gasteiger partial charge is 0.329 e. The number of urea groups is 1. The minimum absolute atomic E-state index is 0.348. The molecule has 0 spiro atoms. The Morgan fingerprint density at radius 2 is 2.11 bits per heavy atom. The Hall–Kier alpha value is -1.30. The number of carboxylic acid groups (broad SMARTS) is 1. The molecule has 0 aliphatic carbocycles. The number of hydrogen-bond donors (Lipinski definition) is 2. The van der Waals surface area contributed by atoms with Crippen LogP contribution in [0.5, 0.6) is 0 Å². The third-order valence-corrected chi connectivity index (χ3v) is 3.30. The van der Waals surface area contributed by atoms with Gasteiger partial charge in [-0.2, -0.15) is 0 Å². The molecule has 18 heavy (non-hydrogen) atoms. The molecule has 0 aromatic carbocycles. The molecule has 1 rings (SSSR count). The van der Waals surface area contributed by atoms with Gasteiger partial charge < -0.3 is 20.1 Å². The molecule has 0 bridgehead atoms. The van der Waals surface area contributed by atoms with Gasteiger partial charge >= 0.3 is 12.0 Å². The number of rotatable bonds is 4. The zero-order chi connectivity index (χ0) is 14.0. The fourth-order valence-electron chi connectivity index (χ4n) is 2.27. The summed E-state index contributed by atoms with van der Waals surface area (Å²) in [6.45, 7) is 6.10. The summed E-state index contributed by atoms with van der Waals surface area (Å²) in [5.74, 6) is -0.959. The molecule has 1 unspecified atom stereocenters. The SMILES string of the molecule is COCC(C)(C)NC(=O)N1CCCC1(C)C(=O)O. The number of carbonyl (C=O) groups excluding carboxylic acids is 1. The lowest BCUT2D eigenvalue weighted by molar-refractivity contribution is -0.147. The average Bonchev–Trinajstić information content (AvgIpc) is 2.60. The van der Waals surface area contributed by atoms with Crippen LogP contribution in [0, 0.1) is 0 Å². The van der Waals surface area contributed by atoms with Crippen LogP contribution < -0.4 is 5.32 Å². The zero-order valence-corrected chi connectivity index (χ0v) is 11.4. The van der Waals surface area contributed by atoms with Crippen LogP contribution >= 0.6 is 0 Å². The number of carboxylic acids is 1. The molecule has 1 atom stereocenters. The summed E-state index contributed by atoms with van der Waals surface area (Å²) >= 11 is 0. The second-order valence-electron chi connectivity index (χ2n) is 5.58. The van der Waals surface area contributed by atoms with Crippen LogP contribution in [-0.2, 0) is 9.53 Å². The van der Waals surface area contributed by atoms with E-state index in [0.29, 0.717) is 26.0 Å². The van der Waals surface area contributed by atoms with Crippen LogP contribution in [0.3, 0.4) is 0 Å². The third-order valence-electron chi connectivity index (χ3n) is 3.30. The molecule has 0 aromatic rings. The number of nitrogens with zero attached hydrogens (tertiary/aromatic N) is 1. The topological polar surface area (TPSA) is 78.9 Å². The Morgan fingerprint density at radius 1 is 1.50 bits per heavy atom. The van der Waals surface area contributed by atoms with Gasteiger partial charge in [0.05, 0.1) is 12.1 Å². The van der Waals surface area contributed by atoms with Crippen molar-refractivity contribution in [2.75, 3.05) is 20.3 Å². The van der Waals surface area contributed by atoms with Crippen LogP contribution in [0.4, 0.5) is 4.79 Å². The van der Waals surface area contributed by atoms with Gasteiger partial charge in [-0.25, -0.2) is 9.59 Å². The number of nitrogens with one attached hydrogen (secondary N) is 1. The largest absolute Gasteiger partial charge is 0.480 e. The molecule has 1 saturated heterocycles. The fraction of sp³-hybridized carbons (Fsp3) is 0.833. The fourth-order valence-corrected chi connectivity index (χ4v) is 2.27. The lowest BCUT2D eigenvalue weighted by Crippen LogP contribution is -2.58. The Balaban J connectivity index is 2.75. The van der Waals surface area contributed by atoms with Crippen LogP contribution in [-0.4, -0.2) is 53.3 Å². The first kappa shape index (κ1) is 14.8. The maximum absolute atomic E-state index is 12.2. The third kappa shape index (κ3) is 2.93. The summed E-state index contributed by atoms with van der Waals surface area (Å²) < 4.78 is 5.02. The quantitative estimate of drug-likeness (QED) is 0.790. The van der Waals surface area contributed by atoms with Crippen molar-refractivity contribution in [2.24, 2.45) is 0 Å². The molecule has 1 aliphatic rings. The van der Waals surface area contributed by atoms with Crippen LogP contribution in [0.25, 0.3) is 0 Å². The average molecular weight is 258 g/mol. The molecule has 0 saturated carbocycles. The van der Waals surface area contributed by atoms with Gasteiger partial charge in [-0.3, -0.25) is 0 Å². The summed E-state index contributed by atoms with van der Waals surface area (Å²) in [6.07, 6.45) is 1.20. The van der Waals surface area contributed by atoms with E-state index < -0.39 is 17.0 Å². The van der Waals surface area contributed by atoms with Crippen LogP contribution in [0.2, 0.25) is 0 Å². The normalized spacial score (nSPS) is 24.1. The van der Waals surface area contributed by atoms with E-state index in [-0.39, 0.29) is 6.03 Å². The van der Waals surface area contributed by atoms with E-state index in [2.05, 4.69) is 5.32 Å². The number of amides is 2. The molecule has 1 aliphatic heterocycles. The molecule has 104 valence electrons. The van der Waals surface area contributed by atoms with Gasteiger partial charge in [0.25, 0.3) is 0 Å². The minimum Gasteiger partial charge on any atom is -0.480 e. The Labute approximate surface area is 107 Å². The van der Waals surface area contributed by atoms with E-state index in [1.165, 1.54) is 4.90 Å². The van der Waals surface area contributed by atoms with Crippen molar-refractivity contribution < 1.29 is 19.4 Å². The van der Waals surface area contributed by atoms with E-state index in [4.69, 9.17) is 4.74 Å². The number of carbonyl (C=O) groups is 2. The summed E-state index contributed by atoms with van der Waals surface area (Å²) in [5, 5.41) is 12.1. The molecule has 1 fully saturated rings. The minimum atomic E-state index is -1.10.